The molecule has 7 heteroatoms. The fourth-order valence-corrected chi connectivity index (χ4v) is 4.12. The average Bonchev–Trinajstić information content (AvgIpc) is 2.85. The highest BCUT2D eigenvalue weighted by Gasteiger charge is 2.27. The van der Waals surface area contributed by atoms with Crippen LogP contribution in [0.3, 0.4) is 0 Å². The highest BCUT2D eigenvalue weighted by Crippen LogP contribution is 2.30. The molecule has 1 heterocycles. The zero-order chi connectivity index (χ0) is 14.0. The van der Waals surface area contributed by atoms with Gasteiger partial charge in [0, 0.05) is 19.6 Å². The van der Waals surface area contributed by atoms with Crippen LogP contribution in [0, 0.1) is 0 Å². The summed E-state index contributed by atoms with van der Waals surface area (Å²) in [7, 11) is -2.04. The number of nitrogens with zero attached hydrogens (tertiary/aromatic N) is 1. The summed E-state index contributed by atoms with van der Waals surface area (Å²) >= 11 is 11.9. The first-order valence-electron chi connectivity index (χ1n) is 6.06. The largest absolute Gasteiger partial charge is 0.313 e. The molecular formula is C12H16Cl2N2O2S. The molecule has 1 aromatic rings. The monoisotopic (exact) mass is 322 g/mol. The SMILES string of the molecule is CN(CC1CCCN1)S(=O)(=O)c1cccc(Cl)c1Cl. The second kappa shape index (κ2) is 5.97. The lowest BCUT2D eigenvalue weighted by Crippen LogP contribution is -2.38. The van der Waals surface area contributed by atoms with Crippen LogP contribution in [-0.4, -0.2) is 38.9 Å². The van der Waals surface area contributed by atoms with Gasteiger partial charge in [0.2, 0.25) is 10.0 Å². The van der Waals surface area contributed by atoms with Crippen molar-refractivity contribution in [1.29, 1.82) is 0 Å². The second-order valence-corrected chi connectivity index (χ2v) is 7.43. The molecule has 0 amide bonds. The molecule has 0 saturated carbocycles. The topological polar surface area (TPSA) is 49.4 Å². The Kier molecular flexibility index (Phi) is 4.74. The van der Waals surface area contributed by atoms with Crippen molar-refractivity contribution >= 4 is 33.2 Å². The molecule has 0 radical (unpaired) electrons. The minimum atomic E-state index is -3.60. The van der Waals surface area contributed by atoms with Crippen LogP contribution < -0.4 is 5.32 Å². The molecule has 2 rings (SSSR count). The van der Waals surface area contributed by atoms with Crippen molar-refractivity contribution in [2.45, 2.75) is 23.8 Å². The third-order valence-electron chi connectivity index (χ3n) is 3.24. The molecule has 1 saturated heterocycles. The third kappa shape index (κ3) is 3.23. The first-order valence-corrected chi connectivity index (χ1v) is 8.26. The predicted octanol–water partition coefficient (Wildman–Crippen LogP) is 2.37. The molecule has 106 valence electrons. The Labute approximate surface area is 123 Å². The van der Waals surface area contributed by atoms with Gasteiger partial charge in [-0.3, -0.25) is 0 Å². The summed E-state index contributed by atoms with van der Waals surface area (Å²) in [6.07, 6.45) is 2.07. The van der Waals surface area contributed by atoms with E-state index < -0.39 is 10.0 Å². The van der Waals surface area contributed by atoms with Crippen LogP contribution in [-0.2, 0) is 10.0 Å². The molecule has 0 spiro atoms. The number of hydrogen-bond acceptors (Lipinski definition) is 3. The fraction of sp³-hybridized carbons (Fsp3) is 0.500. The molecule has 4 nitrogen and oxygen atoms in total. The van der Waals surface area contributed by atoms with E-state index in [1.54, 1.807) is 19.2 Å². The standard InChI is InChI=1S/C12H16Cl2N2O2S/c1-16(8-9-4-3-7-15-9)19(17,18)11-6-2-5-10(13)12(11)14/h2,5-6,9,15H,3-4,7-8H2,1H3. The molecule has 1 N–H and O–H groups in total. The number of hydrogen-bond donors (Lipinski definition) is 1. The maximum Gasteiger partial charge on any atom is 0.244 e. The molecule has 1 aliphatic heterocycles. The van der Waals surface area contributed by atoms with E-state index in [0.29, 0.717) is 6.54 Å². The number of sulfonamides is 1. The number of halogens is 2. The Hall–Kier alpha value is -0.330. The van der Waals surface area contributed by atoms with E-state index in [1.807, 2.05) is 0 Å². The van der Waals surface area contributed by atoms with Gasteiger partial charge in [-0.1, -0.05) is 29.3 Å². The van der Waals surface area contributed by atoms with Gasteiger partial charge in [-0.05, 0) is 31.5 Å². The van der Waals surface area contributed by atoms with Gasteiger partial charge in [0.15, 0.2) is 0 Å². The number of rotatable bonds is 4. The van der Waals surface area contributed by atoms with Gasteiger partial charge in [0.1, 0.15) is 4.90 Å². The van der Waals surface area contributed by atoms with E-state index in [0.717, 1.165) is 19.4 Å². The van der Waals surface area contributed by atoms with E-state index in [2.05, 4.69) is 5.32 Å². The lowest BCUT2D eigenvalue weighted by molar-refractivity contribution is 0.417. The van der Waals surface area contributed by atoms with Gasteiger partial charge in [-0.2, -0.15) is 4.31 Å². The zero-order valence-electron chi connectivity index (χ0n) is 10.6. The predicted molar refractivity (Wildman–Crippen MR) is 77.3 cm³/mol. The van der Waals surface area contributed by atoms with Crippen LogP contribution in [0.5, 0.6) is 0 Å². The molecule has 0 bridgehead atoms. The zero-order valence-corrected chi connectivity index (χ0v) is 12.9. The average molecular weight is 323 g/mol. The molecule has 1 atom stereocenters. The Morgan fingerprint density at radius 3 is 2.79 bits per heavy atom. The lowest BCUT2D eigenvalue weighted by atomic mass is 10.2. The summed E-state index contributed by atoms with van der Waals surface area (Å²) in [5, 5.41) is 3.60. The fourth-order valence-electron chi connectivity index (χ4n) is 2.17. The van der Waals surface area contributed by atoms with Crippen LogP contribution in [0.25, 0.3) is 0 Å². The number of nitrogens with one attached hydrogen (secondary N) is 1. The molecule has 19 heavy (non-hydrogen) atoms. The van der Waals surface area contributed by atoms with Crippen LogP contribution in [0.15, 0.2) is 23.1 Å². The normalized spacial score (nSPS) is 20.1. The lowest BCUT2D eigenvalue weighted by Gasteiger charge is -2.21. The second-order valence-electron chi connectivity index (χ2n) is 4.63. The van der Waals surface area contributed by atoms with E-state index in [1.165, 1.54) is 10.4 Å². The van der Waals surface area contributed by atoms with Crippen molar-refractivity contribution < 1.29 is 8.42 Å². The van der Waals surface area contributed by atoms with Crippen molar-refractivity contribution in [2.75, 3.05) is 20.1 Å². The smallest absolute Gasteiger partial charge is 0.244 e. The first-order chi connectivity index (χ1) is 8.93. The number of benzene rings is 1. The maximum absolute atomic E-state index is 12.4. The third-order valence-corrected chi connectivity index (χ3v) is 6.04. The summed E-state index contributed by atoms with van der Waals surface area (Å²) in [5.74, 6) is 0. The molecular weight excluding hydrogens is 307 g/mol. The Balaban J connectivity index is 2.23. The molecule has 0 aromatic heterocycles. The van der Waals surface area contributed by atoms with Gasteiger partial charge in [-0.15, -0.1) is 0 Å². The van der Waals surface area contributed by atoms with Crippen LogP contribution in [0.1, 0.15) is 12.8 Å². The first kappa shape index (κ1) is 15.1. The summed E-state index contributed by atoms with van der Waals surface area (Å²) in [6.45, 7) is 1.38. The van der Waals surface area contributed by atoms with Crippen molar-refractivity contribution in [3.63, 3.8) is 0 Å². The Morgan fingerprint density at radius 1 is 1.42 bits per heavy atom. The van der Waals surface area contributed by atoms with Crippen LogP contribution in [0.2, 0.25) is 10.0 Å². The van der Waals surface area contributed by atoms with Crippen molar-refractivity contribution in [1.82, 2.24) is 9.62 Å². The van der Waals surface area contributed by atoms with E-state index in [9.17, 15) is 8.42 Å². The summed E-state index contributed by atoms with van der Waals surface area (Å²) < 4.78 is 26.2. The van der Waals surface area contributed by atoms with E-state index >= 15 is 0 Å². The summed E-state index contributed by atoms with van der Waals surface area (Å²) in [5.41, 5.74) is 0. The van der Waals surface area contributed by atoms with E-state index in [-0.39, 0.29) is 21.0 Å². The highest BCUT2D eigenvalue weighted by atomic mass is 35.5. The maximum atomic E-state index is 12.4. The van der Waals surface area contributed by atoms with Crippen molar-refractivity contribution in [3.05, 3.63) is 28.2 Å². The van der Waals surface area contributed by atoms with Crippen molar-refractivity contribution in [3.8, 4) is 0 Å². The van der Waals surface area contributed by atoms with Gasteiger partial charge < -0.3 is 5.32 Å². The summed E-state index contributed by atoms with van der Waals surface area (Å²) in [6, 6.07) is 4.84. The molecule has 0 aliphatic carbocycles. The molecule has 1 aromatic carbocycles. The van der Waals surface area contributed by atoms with Crippen LogP contribution >= 0.6 is 23.2 Å². The van der Waals surface area contributed by atoms with Gasteiger partial charge >= 0.3 is 0 Å². The quantitative estimate of drug-likeness (QED) is 0.925. The van der Waals surface area contributed by atoms with Gasteiger partial charge in [0.25, 0.3) is 0 Å². The minimum Gasteiger partial charge on any atom is -0.313 e. The highest BCUT2D eigenvalue weighted by molar-refractivity contribution is 7.89. The molecule has 1 unspecified atom stereocenters. The van der Waals surface area contributed by atoms with Crippen molar-refractivity contribution in [2.24, 2.45) is 0 Å². The van der Waals surface area contributed by atoms with Gasteiger partial charge in [-0.25, -0.2) is 8.42 Å². The summed E-state index contributed by atoms with van der Waals surface area (Å²) in [4.78, 5) is 0.0576. The molecule has 1 aliphatic rings. The Bertz CT molecular complexity index is 557. The number of likely N-dealkylation sites (N-methyl/N-ethyl adjacent to an activating group) is 1. The van der Waals surface area contributed by atoms with Gasteiger partial charge in [0.05, 0.1) is 10.0 Å². The van der Waals surface area contributed by atoms with Crippen LogP contribution in [0.4, 0.5) is 0 Å². The minimum absolute atomic E-state index is 0.0576. The molecule has 1 fully saturated rings. The Morgan fingerprint density at radius 2 is 2.16 bits per heavy atom. The van der Waals surface area contributed by atoms with E-state index in [4.69, 9.17) is 23.2 Å².